The van der Waals surface area contributed by atoms with Crippen LogP contribution in [0.25, 0.3) is 0 Å². The van der Waals surface area contributed by atoms with Crippen molar-refractivity contribution in [3.05, 3.63) is 29.6 Å². The van der Waals surface area contributed by atoms with E-state index in [1.54, 1.807) is 6.07 Å². The Hall–Kier alpha value is -1.13. The fraction of sp³-hybridized carbons (Fsp3) is 0.625. The Morgan fingerprint density at radius 2 is 1.80 bits per heavy atom. The summed E-state index contributed by atoms with van der Waals surface area (Å²) in [4.78, 5) is 4.23. The Labute approximate surface area is 122 Å². The van der Waals surface area contributed by atoms with E-state index in [2.05, 4.69) is 23.6 Å². The van der Waals surface area contributed by atoms with Crippen LogP contribution in [0.4, 0.5) is 10.1 Å². The van der Waals surface area contributed by atoms with Crippen LogP contribution in [0.15, 0.2) is 18.2 Å². The third-order valence-corrected chi connectivity index (χ3v) is 3.23. The van der Waals surface area contributed by atoms with E-state index in [0.29, 0.717) is 11.6 Å². The van der Waals surface area contributed by atoms with Crippen molar-refractivity contribution < 1.29 is 4.39 Å². The van der Waals surface area contributed by atoms with Gasteiger partial charge in [-0.3, -0.25) is 0 Å². The Bertz CT molecular complexity index is 416. The number of para-hydroxylation sites is 1. The fourth-order valence-electron chi connectivity index (χ4n) is 2.29. The Morgan fingerprint density at radius 1 is 1.15 bits per heavy atom. The van der Waals surface area contributed by atoms with Gasteiger partial charge in [0.15, 0.2) is 0 Å². The van der Waals surface area contributed by atoms with Gasteiger partial charge >= 0.3 is 0 Å². The molecule has 1 aromatic rings. The summed E-state index contributed by atoms with van der Waals surface area (Å²) in [7, 11) is 4.06. The SMILES string of the molecule is CC(C)CN(CCN(C)C)c1c(F)cccc1[C@H](C)N. The number of rotatable bonds is 7. The highest BCUT2D eigenvalue weighted by molar-refractivity contribution is 5.56. The molecule has 0 aliphatic rings. The van der Waals surface area contributed by atoms with Crippen molar-refractivity contribution in [1.82, 2.24) is 4.90 Å². The number of halogens is 1. The molecule has 3 nitrogen and oxygen atoms in total. The second-order valence-corrected chi connectivity index (χ2v) is 6.11. The molecule has 114 valence electrons. The molecule has 0 fully saturated rings. The first-order valence-electron chi connectivity index (χ1n) is 7.26. The summed E-state index contributed by atoms with van der Waals surface area (Å²) in [6, 6.07) is 5.00. The number of hydrogen-bond donors (Lipinski definition) is 1. The van der Waals surface area contributed by atoms with Crippen LogP contribution < -0.4 is 10.6 Å². The van der Waals surface area contributed by atoms with Gasteiger partial charge in [-0.05, 0) is 38.6 Å². The Balaban J connectivity index is 3.11. The molecule has 0 radical (unpaired) electrons. The van der Waals surface area contributed by atoms with Gasteiger partial charge in [-0.1, -0.05) is 26.0 Å². The highest BCUT2D eigenvalue weighted by Gasteiger charge is 2.19. The minimum absolute atomic E-state index is 0.172. The van der Waals surface area contributed by atoms with E-state index in [4.69, 9.17) is 5.73 Å². The molecule has 0 saturated carbocycles. The number of likely N-dealkylation sites (N-methyl/N-ethyl adjacent to an activating group) is 1. The van der Waals surface area contributed by atoms with E-state index >= 15 is 0 Å². The summed E-state index contributed by atoms with van der Waals surface area (Å²) in [6.07, 6.45) is 0. The van der Waals surface area contributed by atoms with Gasteiger partial charge in [-0.2, -0.15) is 0 Å². The highest BCUT2D eigenvalue weighted by atomic mass is 19.1. The zero-order valence-electron chi connectivity index (χ0n) is 13.4. The second kappa shape index (κ2) is 7.60. The van der Waals surface area contributed by atoms with Gasteiger partial charge < -0.3 is 15.5 Å². The second-order valence-electron chi connectivity index (χ2n) is 6.11. The van der Waals surface area contributed by atoms with Gasteiger partial charge in [0.25, 0.3) is 0 Å². The first kappa shape index (κ1) is 16.9. The van der Waals surface area contributed by atoms with Crippen LogP contribution in [0.3, 0.4) is 0 Å². The molecule has 0 spiro atoms. The van der Waals surface area contributed by atoms with Crippen molar-refractivity contribution in [2.24, 2.45) is 11.7 Å². The number of nitrogens with zero attached hydrogens (tertiary/aromatic N) is 2. The largest absolute Gasteiger partial charge is 0.367 e. The topological polar surface area (TPSA) is 32.5 Å². The highest BCUT2D eigenvalue weighted by Crippen LogP contribution is 2.29. The van der Waals surface area contributed by atoms with Crippen LogP contribution >= 0.6 is 0 Å². The monoisotopic (exact) mass is 281 g/mol. The molecule has 0 aliphatic carbocycles. The molecule has 1 atom stereocenters. The lowest BCUT2D eigenvalue weighted by molar-refractivity contribution is 0.407. The number of benzene rings is 1. The summed E-state index contributed by atoms with van der Waals surface area (Å²) in [6.45, 7) is 8.71. The van der Waals surface area contributed by atoms with Crippen LogP contribution in [0.1, 0.15) is 32.4 Å². The average Bonchev–Trinajstić information content (AvgIpc) is 2.33. The Morgan fingerprint density at radius 3 is 2.30 bits per heavy atom. The molecule has 2 N–H and O–H groups in total. The molecule has 0 aliphatic heterocycles. The predicted molar refractivity (Wildman–Crippen MR) is 84.6 cm³/mol. The summed E-state index contributed by atoms with van der Waals surface area (Å²) in [5.74, 6) is 0.289. The molecule has 0 saturated heterocycles. The molecule has 0 amide bonds. The maximum Gasteiger partial charge on any atom is 0.146 e. The molecule has 0 unspecified atom stereocenters. The van der Waals surface area contributed by atoms with Crippen LogP contribution in [0.2, 0.25) is 0 Å². The zero-order chi connectivity index (χ0) is 15.3. The predicted octanol–water partition coefficient (Wildman–Crippen LogP) is 2.87. The average molecular weight is 281 g/mol. The zero-order valence-corrected chi connectivity index (χ0v) is 13.4. The van der Waals surface area contributed by atoms with Crippen molar-refractivity contribution in [2.75, 3.05) is 38.6 Å². The summed E-state index contributed by atoms with van der Waals surface area (Å²) in [5.41, 5.74) is 7.55. The molecular formula is C16H28FN3. The third kappa shape index (κ3) is 4.76. The van der Waals surface area contributed by atoms with Gasteiger partial charge in [-0.25, -0.2) is 4.39 Å². The number of anilines is 1. The summed E-state index contributed by atoms with van der Waals surface area (Å²) in [5, 5.41) is 0. The van der Waals surface area contributed by atoms with Gasteiger partial charge in [0.1, 0.15) is 5.82 Å². The lowest BCUT2D eigenvalue weighted by Gasteiger charge is -2.31. The van der Waals surface area contributed by atoms with Crippen molar-refractivity contribution in [3.63, 3.8) is 0 Å². The van der Waals surface area contributed by atoms with Gasteiger partial charge in [-0.15, -0.1) is 0 Å². The standard InChI is InChI=1S/C16H28FN3/c1-12(2)11-20(10-9-19(4)5)16-14(13(3)18)7-6-8-15(16)17/h6-8,12-13H,9-11,18H2,1-5H3/t13-/m0/s1. The smallest absolute Gasteiger partial charge is 0.146 e. The van der Waals surface area contributed by atoms with Crippen LogP contribution in [0, 0.1) is 11.7 Å². The summed E-state index contributed by atoms with van der Waals surface area (Å²) >= 11 is 0. The van der Waals surface area contributed by atoms with Gasteiger partial charge in [0, 0.05) is 25.7 Å². The number of hydrogen-bond acceptors (Lipinski definition) is 3. The fourth-order valence-corrected chi connectivity index (χ4v) is 2.29. The molecular weight excluding hydrogens is 253 g/mol. The molecule has 0 bridgehead atoms. The van der Waals surface area contributed by atoms with Crippen molar-refractivity contribution in [3.8, 4) is 0 Å². The normalized spacial score (nSPS) is 13.1. The third-order valence-electron chi connectivity index (χ3n) is 3.23. The first-order chi connectivity index (χ1) is 9.32. The molecule has 1 rings (SSSR count). The van der Waals surface area contributed by atoms with E-state index in [9.17, 15) is 4.39 Å². The molecule has 0 aromatic heterocycles. The quantitative estimate of drug-likeness (QED) is 0.834. The maximum atomic E-state index is 14.3. The van der Waals surface area contributed by atoms with Crippen LogP contribution in [-0.4, -0.2) is 38.6 Å². The lowest BCUT2D eigenvalue weighted by Crippen LogP contribution is -2.36. The maximum absolute atomic E-state index is 14.3. The van der Waals surface area contributed by atoms with Crippen molar-refractivity contribution in [1.29, 1.82) is 0 Å². The Kier molecular flexibility index (Phi) is 6.43. The van der Waals surface area contributed by atoms with Crippen molar-refractivity contribution in [2.45, 2.75) is 26.8 Å². The number of nitrogens with two attached hydrogens (primary N) is 1. The molecule has 0 heterocycles. The lowest BCUT2D eigenvalue weighted by atomic mass is 10.0. The first-order valence-corrected chi connectivity index (χ1v) is 7.26. The van der Waals surface area contributed by atoms with Crippen LogP contribution in [-0.2, 0) is 0 Å². The van der Waals surface area contributed by atoms with E-state index in [1.165, 1.54) is 6.07 Å². The van der Waals surface area contributed by atoms with E-state index in [1.807, 2.05) is 27.1 Å². The summed E-state index contributed by atoms with van der Waals surface area (Å²) < 4.78 is 14.3. The molecule has 4 heteroatoms. The van der Waals surface area contributed by atoms with Gasteiger partial charge in [0.05, 0.1) is 5.69 Å². The minimum Gasteiger partial charge on any atom is -0.367 e. The van der Waals surface area contributed by atoms with E-state index in [0.717, 1.165) is 25.2 Å². The molecule has 20 heavy (non-hydrogen) atoms. The van der Waals surface area contributed by atoms with Crippen LogP contribution in [0.5, 0.6) is 0 Å². The van der Waals surface area contributed by atoms with Crippen molar-refractivity contribution >= 4 is 5.69 Å². The van der Waals surface area contributed by atoms with E-state index in [-0.39, 0.29) is 11.9 Å². The van der Waals surface area contributed by atoms with E-state index < -0.39 is 0 Å². The van der Waals surface area contributed by atoms with Gasteiger partial charge in [0.2, 0.25) is 0 Å². The minimum atomic E-state index is -0.181. The molecule has 1 aromatic carbocycles.